The molecule has 6 heteroatoms. The van der Waals surface area contributed by atoms with Gasteiger partial charge in [0, 0.05) is 11.1 Å². The van der Waals surface area contributed by atoms with Gasteiger partial charge in [0.2, 0.25) is 0 Å². The fraction of sp³-hybridized carbons (Fsp3) is 0. The zero-order chi connectivity index (χ0) is 14.5. The Kier molecular flexibility index (Phi) is 4.75. The largest absolute Gasteiger partial charge is 0.314 e. The third-order valence-corrected chi connectivity index (χ3v) is 3.57. The Labute approximate surface area is 128 Å². The summed E-state index contributed by atoms with van der Waals surface area (Å²) in [7, 11) is 0. The Bertz CT molecular complexity index is 598. The van der Waals surface area contributed by atoms with E-state index in [4.69, 9.17) is 36.1 Å². The van der Waals surface area contributed by atoms with Crippen molar-refractivity contribution in [2.24, 2.45) is 11.7 Å². The van der Waals surface area contributed by atoms with Crippen LogP contribution in [0.3, 0.4) is 0 Å². The summed E-state index contributed by atoms with van der Waals surface area (Å²) in [6.45, 7) is 0. The molecular formula is C14H14N4S2. The molecule has 0 saturated heterocycles. The summed E-state index contributed by atoms with van der Waals surface area (Å²) in [6, 6.07) is 15.4. The molecule has 0 fully saturated rings. The van der Waals surface area contributed by atoms with Crippen molar-refractivity contribution in [3.05, 3.63) is 59.7 Å². The van der Waals surface area contributed by atoms with Crippen LogP contribution in [0.15, 0.2) is 48.5 Å². The molecule has 0 atom stereocenters. The zero-order valence-electron chi connectivity index (χ0n) is 10.6. The lowest BCUT2D eigenvalue weighted by atomic mass is 9.95. The third kappa shape index (κ3) is 2.83. The first-order valence-corrected chi connectivity index (χ1v) is 6.71. The predicted molar refractivity (Wildman–Crippen MR) is 89.9 cm³/mol. The van der Waals surface area contributed by atoms with Crippen LogP contribution in [-0.2, 0) is 0 Å². The molecule has 0 unspecified atom stereocenters. The number of thiocarbonyl (C=S) groups is 2. The first-order valence-electron chi connectivity index (χ1n) is 5.89. The molecule has 0 saturated carbocycles. The standard InChI is InChI=1S/C14H14N4S2/c15-17-13(19)11-7-3-1-5-9(11)10-6-2-4-8-12(10)14(20)18-16/h1-8H,15-16H2,(H,17,19)(H,18,20). The van der Waals surface area contributed by atoms with Gasteiger partial charge in [0.25, 0.3) is 0 Å². The highest BCUT2D eigenvalue weighted by Gasteiger charge is 2.13. The summed E-state index contributed by atoms with van der Waals surface area (Å²) >= 11 is 10.5. The highest BCUT2D eigenvalue weighted by molar-refractivity contribution is 7.81. The van der Waals surface area contributed by atoms with Gasteiger partial charge in [-0.25, -0.2) is 11.7 Å². The summed E-state index contributed by atoms with van der Waals surface area (Å²) in [5.41, 5.74) is 8.61. The fourth-order valence-corrected chi connectivity index (χ4v) is 2.34. The monoisotopic (exact) mass is 302 g/mol. The van der Waals surface area contributed by atoms with E-state index >= 15 is 0 Å². The van der Waals surface area contributed by atoms with E-state index in [9.17, 15) is 0 Å². The normalized spacial score (nSPS) is 9.90. The number of hydrazine groups is 2. The summed E-state index contributed by atoms with van der Waals surface area (Å²) in [6.07, 6.45) is 0. The average Bonchev–Trinajstić information content (AvgIpc) is 2.53. The lowest BCUT2D eigenvalue weighted by molar-refractivity contribution is 1.05. The van der Waals surface area contributed by atoms with Gasteiger partial charge in [-0.2, -0.15) is 0 Å². The van der Waals surface area contributed by atoms with E-state index in [0.717, 1.165) is 22.3 Å². The summed E-state index contributed by atoms with van der Waals surface area (Å²) in [4.78, 5) is 0.948. The van der Waals surface area contributed by atoms with Crippen LogP contribution in [0.1, 0.15) is 11.1 Å². The van der Waals surface area contributed by atoms with Crippen LogP contribution in [0, 0.1) is 0 Å². The van der Waals surface area contributed by atoms with Gasteiger partial charge in [-0.05, 0) is 11.1 Å². The molecule has 0 amide bonds. The molecule has 0 heterocycles. The highest BCUT2D eigenvalue weighted by Crippen LogP contribution is 2.27. The van der Waals surface area contributed by atoms with Crippen molar-refractivity contribution < 1.29 is 0 Å². The van der Waals surface area contributed by atoms with Crippen LogP contribution in [0.5, 0.6) is 0 Å². The molecule has 0 spiro atoms. The van der Waals surface area contributed by atoms with Crippen molar-refractivity contribution in [3.8, 4) is 11.1 Å². The average molecular weight is 302 g/mol. The molecule has 2 aromatic carbocycles. The van der Waals surface area contributed by atoms with E-state index in [1.54, 1.807) is 0 Å². The maximum Gasteiger partial charge on any atom is 0.121 e. The summed E-state index contributed by atoms with van der Waals surface area (Å²) in [5, 5.41) is 0. The Morgan fingerprint density at radius 1 is 0.700 bits per heavy atom. The Hall–Kier alpha value is -1.86. The van der Waals surface area contributed by atoms with Crippen LogP contribution < -0.4 is 22.5 Å². The van der Waals surface area contributed by atoms with E-state index in [-0.39, 0.29) is 0 Å². The lowest BCUT2D eigenvalue weighted by Gasteiger charge is -2.14. The SMILES string of the molecule is NNC(=S)c1ccccc1-c1ccccc1C(=S)NN. The highest BCUT2D eigenvalue weighted by atomic mass is 32.1. The molecule has 6 N–H and O–H groups in total. The first-order chi connectivity index (χ1) is 9.69. The van der Waals surface area contributed by atoms with E-state index < -0.39 is 0 Å². The number of hydrogen-bond donors (Lipinski definition) is 4. The Balaban J connectivity index is 2.64. The van der Waals surface area contributed by atoms with Crippen LogP contribution >= 0.6 is 24.4 Å². The molecule has 0 aliphatic rings. The molecule has 0 bridgehead atoms. The maximum absolute atomic E-state index is 5.43. The van der Waals surface area contributed by atoms with Crippen LogP contribution in [0.25, 0.3) is 11.1 Å². The molecule has 2 aromatic rings. The summed E-state index contributed by atoms with van der Waals surface area (Å²) < 4.78 is 0. The van der Waals surface area contributed by atoms with Gasteiger partial charge in [0.15, 0.2) is 0 Å². The minimum Gasteiger partial charge on any atom is -0.314 e. The summed E-state index contributed by atoms with van der Waals surface area (Å²) in [5.74, 6) is 10.9. The van der Waals surface area contributed by atoms with Crippen molar-refractivity contribution in [1.82, 2.24) is 10.9 Å². The Morgan fingerprint density at radius 3 is 1.40 bits per heavy atom. The van der Waals surface area contributed by atoms with E-state index in [1.165, 1.54) is 0 Å². The second-order valence-corrected chi connectivity index (χ2v) is 4.85. The third-order valence-electron chi connectivity index (χ3n) is 2.90. The lowest BCUT2D eigenvalue weighted by Crippen LogP contribution is -2.30. The zero-order valence-corrected chi connectivity index (χ0v) is 12.2. The second-order valence-electron chi connectivity index (χ2n) is 4.04. The van der Waals surface area contributed by atoms with Crippen molar-refractivity contribution in [2.75, 3.05) is 0 Å². The fourth-order valence-electron chi connectivity index (χ4n) is 1.99. The van der Waals surface area contributed by atoms with Crippen molar-refractivity contribution in [3.63, 3.8) is 0 Å². The molecule has 0 aliphatic heterocycles. The first kappa shape index (κ1) is 14.5. The Morgan fingerprint density at radius 2 is 1.05 bits per heavy atom. The van der Waals surface area contributed by atoms with Crippen molar-refractivity contribution in [2.45, 2.75) is 0 Å². The number of nitrogens with one attached hydrogen (secondary N) is 2. The molecule has 2 rings (SSSR count). The van der Waals surface area contributed by atoms with Gasteiger partial charge < -0.3 is 10.9 Å². The van der Waals surface area contributed by atoms with Crippen molar-refractivity contribution in [1.29, 1.82) is 0 Å². The number of rotatable bonds is 3. The molecule has 20 heavy (non-hydrogen) atoms. The molecule has 0 aromatic heterocycles. The van der Waals surface area contributed by atoms with E-state index in [1.807, 2.05) is 48.5 Å². The molecule has 0 radical (unpaired) electrons. The van der Waals surface area contributed by atoms with Gasteiger partial charge >= 0.3 is 0 Å². The van der Waals surface area contributed by atoms with Crippen LogP contribution in [0.2, 0.25) is 0 Å². The van der Waals surface area contributed by atoms with Crippen LogP contribution in [-0.4, -0.2) is 9.98 Å². The van der Waals surface area contributed by atoms with E-state index in [2.05, 4.69) is 10.9 Å². The minimum absolute atomic E-state index is 0.474. The molecule has 102 valence electrons. The van der Waals surface area contributed by atoms with Crippen molar-refractivity contribution >= 4 is 34.4 Å². The molecule has 0 aliphatic carbocycles. The van der Waals surface area contributed by atoms with Gasteiger partial charge in [-0.15, -0.1) is 0 Å². The minimum atomic E-state index is 0.474. The number of nitrogens with two attached hydrogens (primary N) is 2. The number of benzene rings is 2. The topological polar surface area (TPSA) is 76.1 Å². The smallest absolute Gasteiger partial charge is 0.121 e. The maximum atomic E-state index is 5.43. The van der Waals surface area contributed by atoms with Crippen LogP contribution in [0.4, 0.5) is 0 Å². The van der Waals surface area contributed by atoms with Gasteiger partial charge in [-0.1, -0.05) is 73.0 Å². The predicted octanol–water partition coefficient (Wildman–Crippen LogP) is 1.63. The van der Waals surface area contributed by atoms with Gasteiger partial charge in [-0.3, -0.25) is 0 Å². The number of hydrogen-bond acceptors (Lipinski definition) is 4. The second kappa shape index (κ2) is 6.53. The van der Waals surface area contributed by atoms with Gasteiger partial charge in [0.05, 0.1) is 0 Å². The molecule has 4 nitrogen and oxygen atoms in total. The van der Waals surface area contributed by atoms with Gasteiger partial charge in [0.1, 0.15) is 9.98 Å². The van der Waals surface area contributed by atoms with E-state index in [0.29, 0.717) is 9.98 Å². The molecular weight excluding hydrogens is 288 g/mol. The quantitative estimate of drug-likeness (QED) is 0.392.